The number of amides is 1. The van der Waals surface area contributed by atoms with Gasteiger partial charge in [0.15, 0.2) is 5.13 Å². The molecular weight excluding hydrogens is 396 g/mol. The molecule has 1 aliphatic heterocycles. The van der Waals surface area contributed by atoms with Crippen LogP contribution in [0.15, 0.2) is 39.9 Å². The zero-order valence-electron chi connectivity index (χ0n) is 15.3. The average Bonchev–Trinajstić information content (AvgIpc) is 3.30. The molecule has 1 saturated heterocycles. The third-order valence-corrected chi connectivity index (χ3v) is 7.69. The Morgan fingerprint density at radius 1 is 1.33 bits per heavy atom. The van der Waals surface area contributed by atoms with Crippen LogP contribution in [0.1, 0.15) is 12.8 Å². The van der Waals surface area contributed by atoms with Crippen molar-refractivity contribution in [3.8, 4) is 0 Å². The quantitative estimate of drug-likeness (QED) is 0.604. The third kappa shape index (κ3) is 4.45. The van der Waals surface area contributed by atoms with Gasteiger partial charge in [0.05, 0.1) is 14.4 Å². The minimum atomic E-state index is 0.0945. The summed E-state index contributed by atoms with van der Waals surface area (Å²) in [5, 5.41) is 5.81. The lowest BCUT2D eigenvalue weighted by atomic mass is 9.96. The molecule has 8 heteroatoms. The van der Waals surface area contributed by atoms with Gasteiger partial charge in [0.1, 0.15) is 0 Å². The van der Waals surface area contributed by atoms with Gasteiger partial charge in [-0.2, -0.15) is 0 Å². The maximum Gasteiger partial charge on any atom is 0.229 e. The molecule has 2 aromatic heterocycles. The summed E-state index contributed by atoms with van der Waals surface area (Å²) in [5.74, 6) is 0.199. The van der Waals surface area contributed by atoms with Crippen molar-refractivity contribution in [1.29, 1.82) is 0 Å². The number of thiazole rings is 1. The van der Waals surface area contributed by atoms with Crippen molar-refractivity contribution in [3.63, 3.8) is 0 Å². The van der Waals surface area contributed by atoms with Crippen LogP contribution in [0.5, 0.6) is 0 Å². The highest BCUT2D eigenvalue weighted by molar-refractivity contribution is 8.02. The van der Waals surface area contributed by atoms with E-state index < -0.39 is 0 Å². The summed E-state index contributed by atoms with van der Waals surface area (Å²) in [6.07, 6.45) is 1.84. The molecule has 0 spiro atoms. The number of hydrogen-bond acceptors (Lipinski definition) is 7. The lowest BCUT2D eigenvalue weighted by molar-refractivity contribution is -0.121. The van der Waals surface area contributed by atoms with E-state index in [1.807, 2.05) is 6.07 Å². The Balaban J connectivity index is 1.45. The van der Waals surface area contributed by atoms with E-state index in [0.29, 0.717) is 5.13 Å². The van der Waals surface area contributed by atoms with Gasteiger partial charge in [0, 0.05) is 18.7 Å². The van der Waals surface area contributed by atoms with Crippen LogP contribution < -0.4 is 9.62 Å². The zero-order valence-corrected chi connectivity index (χ0v) is 17.8. The number of anilines is 2. The Bertz CT molecular complexity index is 916. The number of aromatic nitrogens is 1. The fourth-order valence-corrected chi connectivity index (χ4v) is 5.80. The van der Waals surface area contributed by atoms with Crippen LogP contribution in [0.2, 0.25) is 0 Å². The summed E-state index contributed by atoms with van der Waals surface area (Å²) in [5.41, 5.74) is 2.05. The summed E-state index contributed by atoms with van der Waals surface area (Å²) >= 11 is 4.99. The van der Waals surface area contributed by atoms with Crippen molar-refractivity contribution in [2.45, 2.75) is 17.1 Å². The molecule has 0 atom stereocenters. The van der Waals surface area contributed by atoms with Gasteiger partial charge in [-0.25, -0.2) is 4.98 Å². The molecule has 142 valence electrons. The maximum absolute atomic E-state index is 12.5. The van der Waals surface area contributed by atoms with Gasteiger partial charge in [0.25, 0.3) is 0 Å². The number of carbonyl (C=O) groups excluding carboxylic acids is 1. The molecule has 3 aromatic rings. The molecule has 1 fully saturated rings. The number of benzene rings is 1. The molecule has 1 N–H and O–H groups in total. The van der Waals surface area contributed by atoms with E-state index in [1.54, 1.807) is 34.6 Å². The molecule has 5 nitrogen and oxygen atoms in total. The fourth-order valence-electron chi connectivity index (χ4n) is 3.14. The van der Waals surface area contributed by atoms with Gasteiger partial charge in [-0.1, -0.05) is 17.4 Å². The van der Waals surface area contributed by atoms with Crippen molar-refractivity contribution in [2.24, 2.45) is 5.92 Å². The number of piperidine rings is 1. The van der Waals surface area contributed by atoms with Crippen LogP contribution in [0.3, 0.4) is 0 Å². The SMILES string of the molecule is CN1CCC(C(=O)Nc2nc3ccc(N(C)Sc4cccs4)cc3s2)CC1. The number of likely N-dealkylation sites (tertiary alicyclic amines) is 1. The number of fused-ring (bicyclic) bond motifs is 1. The van der Waals surface area contributed by atoms with E-state index in [9.17, 15) is 4.79 Å². The van der Waals surface area contributed by atoms with Gasteiger partial charge < -0.3 is 14.5 Å². The van der Waals surface area contributed by atoms with Crippen LogP contribution in [0, 0.1) is 5.92 Å². The van der Waals surface area contributed by atoms with Crippen molar-refractivity contribution in [3.05, 3.63) is 35.7 Å². The molecule has 0 unspecified atom stereocenters. The van der Waals surface area contributed by atoms with Crippen molar-refractivity contribution >= 4 is 61.6 Å². The Labute approximate surface area is 171 Å². The topological polar surface area (TPSA) is 48.5 Å². The van der Waals surface area contributed by atoms with Gasteiger partial charge >= 0.3 is 0 Å². The smallest absolute Gasteiger partial charge is 0.229 e. The van der Waals surface area contributed by atoms with E-state index in [2.05, 4.69) is 63.2 Å². The summed E-state index contributed by atoms with van der Waals surface area (Å²) in [6.45, 7) is 1.96. The largest absolute Gasteiger partial charge is 0.315 e. The van der Waals surface area contributed by atoms with Crippen LogP contribution in [0.25, 0.3) is 10.2 Å². The standard InChI is InChI=1S/C19H22N4OS3/c1-22-9-7-13(8-10-22)18(24)21-19-20-15-6-5-14(12-16(15)26-19)23(2)27-17-4-3-11-25-17/h3-6,11-13H,7-10H2,1-2H3,(H,20,21,24). The van der Waals surface area contributed by atoms with Gasteiger partial charge in [-0.15, -0.1) is 11.3 Å². The van der Waals surface area contributed by atoms with Crippen molar-refractivity contribution < 1.29 is 4.79 Å². The summed E-state index contributed by atoms with van der Waals surface area (Å²) < 4.78 is 4.50. The molecule has 1 amide bonds. The molecule has 0 saturated carbocycles. The monoisotopic (exact) mass is 418 g/mol. The Kier molecular flexibility index (Phi) is 5.68. The molecular formula is C19H22N4OS3. The normalized spacial score (nSPS) is 15.9. The Morgan fingerprint density at radius 2 is 2.15 bits per heavy atom. The van der Waals surface area contributed by atoms with Crippen LogP contribution in [-0.4, -0.2) is 43.0 Å². The first-order valence-corrected chi connectivity index (χ1v) is 11.4. The lowest BCUT2D eigenvalue weighted by Gasteiger charge is -2.27. The first-order chi connectivity index (χ1) is 13.1. The molecule has 1 aromatic carbocycles. The summed E-state index contributed by atoms with van der Waals surface area (Å²) in [4.78, 5) is 19.4. The van der Waals surface area contributed by atoms with E-state index >= 15 is 0 Å². The van der Waals surface area contributed by atoms with E-state index in [-0.39, 0.29) is 11.8 Å². The maximum atomic E-state index is 12.5. The third-order valence-electron chi connectivity index (χ3n) is 4.78. The number of nitrogens with one attached hydrogen (secondary N) is 1. The van der Waals surface area contributed by atoms with Gasteiger partial charge in [-0.05, 0) is 74.6 Å². The molecule has 0 bridgehead atoms. The van der Waals surface area contributed by atoms with Crippen LogP contribution >= 0.6 is 34.6 Å². The van der Waals surface area contributed by atoms with Crippen LogP contribution in [-0.2, 0) is 4.79 Å². The molecule has 1 aliphatic rings. The number of carbonyl (C=O) groups is 1. The number of hydrogen-bond donors (Lipinski definition) is 1. The lowest BCUT2D eigenvalue weighted by Crippen LogP contribution is -2.35. The minimum Gasteiger partial charge on any atom is -0.315 e. The molecule has 0 aliphatic carbocycles. The van der Waals surface area contributed by atoms with Gasteiger partial charge in [-0.3, -0.25) is 4.79 Å². The predicted octanol–water partition coefficient (Wildman–Crippen LogP) is 4.78. The van der Waals surface area contributed by atoms with E-state index in [1.165, 1.54) is 4.21 Å². The van der Waals surface area contributed by atoms with E-state index in [4.69, 9.17) is 0 Å². The Hall–Kier alpha value is -1.61. The predicted molar refractivity (Wildman–Crippen MR) is 117 cm³/mol. The second-order valence-corrected chi connectivity index (χ2v) is 10.2. The van der Waals surface area contributed by atoms with Crippen LogP contribution in [0.4, 0.5) is 10.8 Å². The van der Waals surface area contributed by atoms with E-state index in [0.717, 1.165) is 41.8 Å². The summed E-state index contributed by atoms with van der Waals surface area (Å²) in [6, 6.07) is 10.4. The van der Waals surface area contributed by atoms with Crippen molar-refractivity contribution in [1.82, 2.24) is 9.88 Å². The second kappa shape index (κ2) is 8.18. The molecule has 4 rings (SSSR count). The highest BCUT2D eigenvalue weighted by Gasteiger charge is 2.24. The number of thiophene rings is 1. The minimum absolute atomic E-state index is 0.0945. The molecule has 27 heavy (non-hydrogen) atoms. The molecule has 0 radical (unpaired) electrons. The number of nitrogens with zero attached hydrogens (tertiary/aromatic N) is 3. The summed E-state index contributed by atoms with van der Waals surface area (Å²) in [7, 11) is 4.17. The second-order valence-electron chi connectivity index (χ2n) is 6.76. The first kappa shape index (κ1) is 18.7. The fraction of sp³-hybridized carbons (Fsp3) is 0.368. The van der Waals surface area contributed by atoms with Gasteiger partial charge in [0.2, 0.25) is 5.91 Å². The van der Waals surface area contributed by atoms with Crippen molar-refractivity contribution in [2.75, 3.05) is 36.8 Å². The zero-order chi connectivity index (χ0) is 18.8. The number of rotatable bonds is 5. The molecule has 3 heterocycles. The first-order valence-electron chi connectivity index (χ1n) is 8.94. The Morgan fingerprint density at radius 3 is 2.89 bits per heavy atom. The highest BCUT2D eigenvalue weighted by Crippen LogP contribution is 2.34. The average molecular weight is 419 g/mol. The highest BCUT2D eigenvalue weighted by atomic mass is 32.2.